The quantitative estimate of drug-likeness (QED) is 0.715. The highest BCUT2D eigenvalue weighted by Crippen LogP contribution is 2.39. The molecule has 8 heteroatoms. The molecule has 4 heterocycles. The predicted octanol–water partition coefficient (Wildman–Crippen LogP) is 1.62. The van der Waals surface area contributed by atoms with Crippen LogP contribution in [0.15, 0.2) is 23.0 Å². The average molecular weight is 339 g/mol. The van der Waals surface area contributed by atoms with E-state index in [1.54, 1.807) is 0 Å². The molecule has 0 aromatic carbocycles. The maximum atomic E-state index is 5.33. The number of anilines is 1. The summed E-state index contributed by atoms with van der Waals surface area (Å²) in [5.41, 5.74) is 1.81. The fraction of sp³-hybridized carbons (Fsp3) is 0.529. The minimum absolute atomic E-state index is 0.576. The van der Waals surface area contributed by atoms with Gasteiger partial charge in [0.15, 0.2) is 11.6 Å². The SMILES string of the molecule is Cc1cc(CN2CCN(c3nccn4c(C5CC5)nnc34)CC2)on1. The molecular formula is C17H21N7O. The number of nitrogens with zero attached hydrogens (tertiary/aromatic N) is 7. The van der Waals surface area contributed by atoms with Crippen molar-refractivity contribution in [2.45, 2.75) is 32.2 Å². The lowest BCUT2D eigenvalue weighted by Gasteiger charge is -2.34. The molecule has 0 atom stereocenters. The molecule has 1 saturated carbocycles. The summed E-state index contributed by atoms with van der Waals surface area (Å²) in [4.78, 5) is 9.28. The molecule has 3 aromatic heterocycles. The minimum atomic E-state index is 0.576. The van der Waals surface area contributed by atoms with Crippen LogP contribution in [-0.2, 0) is 6.54 Å². The number of fused-ring (bicyclic) bond motifs is 1. The zero-order chi connectivity index (χ0) is 16.8. The van der Waals surface area contributed by atoms with Crippen LogP contribution in [0.2, 0.25) is 0 Å². The van der Waals surface area contributed by atoms with Gasteiger partial charge in [-0.15, -0.1) is 10.2 Å². The summed E-state index contributed by atoms with van der Waals surface area (Å²) >= 11 is 0. The first-order valence-corrected chi connectivity index (χ1v) is 8.87. The van der Waals surface area contributed by atoms with Crippen LogP contribution in [0.3, 0.4) is 0 Å². The molecular weight excluding hydrogens is 318 g/mol. The molecule has 8 nitrogen and oxygen atoms in total. The van der Waals surface area contributed by atoms with Gasteiger partial charge in [0.25, 0.3) is 0 Å². The van der Waals surface area contributed by atoms with Crippen molar-refractivity contribution in [3.05, 3.63) is 35.7 Å². The lowest BCUT2D eigenvalue weighted by atomic mass is 10.3. The van der Waals surface area contributed by atoms with Gasteiger partial charge < -0.3 is 9.42 Å². The molecule has 0 bridgehead atoms. The number of hydrogen-bond donors (Lipinski definition) is 0. The lowest BCUT2D eigenvalue weighted by molar-refractivity contribution is 0.219. The molecule has 2 fully saturated rings. The molecule has 0 radical (unpaired) electrons. The highest BCUT2D eigenvalue weighted by Gasteiger charge is 2.30. The molecule has 3 aromatic rings. The van der Waals surface area contributed by atoms with Crippen LogP contribution >= 0.6 is 0 Å². The third-order valence-corrected chi connectivity index (χ3v) is 5.01. The van der Waals surface area contributed by atoms with Crippen LogP contribution in [0.1, 0.15) is 36.0 Å². The Morgan fingerprint density at radius 2 is 2.00 bits per heavy atom. The number of hydrogen-bond acceptors (Lipinski definition) is 7. The van der Waals surface area contributed by atoms with E-state index in [4.69, 9.17) is 4.52 Å². The summed E-state index contributed by atoms with van der Waals surface area (Å²) in [6.45, 7) is 6.53. The fourth-order valence-corrected chi connectivity index (χ4v) is 3.50. The van der Waals surface area contributed by atoms with E-state index in [-0.39, 0.29) is 0 Å². The van der Waals surface area contributed by atoms with E-state index in [9.17, 15) is 0 Å². The van der Waals surface area contributed by atoms with E-state index in [1.165, 1.54) is 12.8 Å². The minimum Gasteiger partial charge on any atom is -0.360 e. The van der Waals surface area contributed by atoms with Gasteiger partial charge in [-0.05, 0) is 19.8 Å². The predicted molar refractivity (Wildman–Crippen MR) is 91.5 cm³/mol. The second-order valence-electron chi connectivity index (χ2n) is 6.97. The highest BCUT2D eigenvalue weighted by atomic mass is 16.5. The van der Waals surface area contributed by atoms with E-state index in [0.29, 0.717) is 5.92 Å². The van der Waals surface area contributed by atoms with Gasteiger partial charge in [0.2, 0.25) is 5.65 Å². The Morgan fingerprint density at radius 3 is 2.72 bits per heavy atom. The van der Waals surface area contributed by atoms with E-state index in [1.807, 2.05) is 25.4 Å². The highest BCUT2D eigenvalue weighted by molar-refractivity contribution is 5.64. The van der Waals surface area contributed by atoms with Gasteiger partial charge in [-0.2, -0.15) is 0 Å². The topological polar surface area (TPSA) is 75.6 Å². The van der Waals surface area contributed by atoms with Gasteiger partial charge in [0.05, 0.1) is 12.2 Å². The molecule has 5 rings (SSSR count). The maximum absolute atomic E-state index is 5.33. The van der Waals surface area contributed by atoms with Crippen molar-refractivity contribution in [1.82, 2.24) is 29.6 Å². The van der Waals surface area contributed by atoms with E-state index in [0.717, 1.165) is 61.5 Å². The zero-order valence-electron chi connectivity index (χ0n) is 14.3. The molecule has 130 valence electrons. The van der Waals surface area contributed by atoms with Crippen LogP contribution in [0.4, 0.5) is 5.82 Å². The van der Waals surface area contributed by atoms with Crippen LogP contribution in [-0.4, -0.2) is 55.8 Å². The summed E-state index contributed by atoms with van der Waals surface area (Å²) in [5.74, 6) is 3.53. The van der Waals surface area contributed by atoms with Crippen LogP contribution in [0.5, 0.6) is 0 Å². The summed E-state index contributed by atoms with van der Waals surface area (Å²) < 4.78 is 7.44. The van der Waals surface area contributed by atoms with Crippen molar-refractivity contribution in [3.63, 3.8) is 0 Å². The standard InChI is InChI=1S/C17H21N7O/c1-12-10-14(25-21-12)11-22-6-8-23(9-7-22)16-17-20-19-15(13-2-3-13)24(17)5-4-18-16/h4-5,10,13H,2-3,6-9,11H2,1H3. The second kappa shape index (κ2) is 5.80. The molecule has 0 spiro atoms. The smallest absolute Gasteiger partial charge is 0.203 e. The lowest BCUT2D eigenvalue weighted by Crippen LogP contribution is -2.46. The van der Waals surface area contributed by atoms with Crippen molar-refractivity contribution < 1.29 is 4.52 Å². The van der Waals surface area contributed by atoms with Crippen molar-refractivity contribution in [3.8, 4) is 0 Å². The molecule has 0 N–H and O–H groups in total. The number of piperazine rings is 1. The second-order valence-corrected chi connectivity index (χ2v) is 6.97. The van der Waals surface area contributed by atoms with Gasteiger partial charge in [-0.3, -0.25) is 9.30 Å². The fourth-order valence-electron chi connectivity index (χ4n) is 3.50. The molecule has 2 aliphatic rings. The van der Waals surface area contributed by atoms with Crippen molar-refractivity contribution in [1.29, 1.82) is 0 Å². The normalized spacial score (nSPS) is 19.0. The molecule has 0 unspecified atom stereocenters. The third-order valence-electron chi connectivity index (χ3n) is 5.01. The van der Waals surface area contributed by atoms with Crippen molar-refractivity contribution in [2.75, 3.05) is 31.1 Å². The molecule has 1 saturated heterocycles. The Labute approximate surface area is 145 Å². The molecule has 0 amide bonds. The Hall–Kier alpha value is -2.48. The van der Waals surface area contributed by atoms with Gasteiger partial charge in [0.1, 0.15) is 5.82 Å². The maximum Gasteiger partial charge on any atom is 0.203 e. The molecule has 25 heavy (non-hydrogen) atoms. The van der Waals surface area contributed by atoms with Gasteiger partial charge in [-0.25, -0.2) is 4.98 Å². The first-order chi connectivity index (χ1) is 12.3. The van der Waals surface area contributed by atoms with Crippen molar-refractivity contribution >= 4 is 11.5 Å². The largest absolute Gasteiger partial charge is 0.360 e. The van der Waals surface area contributed by atoms with E-state index >= 15 is 0 Å². The Kier molecular flexibility index (Phi) is 3.44. The van der Waals surface area contributed by atoms with E-state index in [2.05, 4.69) is 34.5 Å². The Bertz CT molecular complexity index is 889. The van der Waals surface area contributed by atoms with Gasteiger partial charge in [-0.1, -0.05) is 5.16 Å². The van der Waals surface area contributed by atoms with Gasteiger partial charge in [0, 0.05) is 50.6 Å². The zero-order valence-corrected chi connectivity index (χ0v) is 14.3. The van der Waals surface area contributed by atoms with Crippen LogP contribution in [0, 0.1) is 6.92 Å². The first-order valence-electron chi connectivity index (χ1n) is 8.87. The van der Waals surface area contributed by atoms with Crippen LogP contribution < -0.4 is 4.90 Å². The summed E-state index contributed by atoms with van der Waals surface area (Å²) in [6, 6.07) is 2.00. The first kappa shape index (κ1) is 14.8. The number of aryl methyl sites for hydroxylation is 1. The van der Waals surface area contributed by atoms with Crippen LogP contribution in [0.25, 0.3) is 5.65 Å². The molecule has 1 aliphatic carbocycles. The average Bonchev–Trinajstić information content (AvgIpc) is 3.25. The van der Waals surface area contributed by atoms with E-state index < -0.39 is 0 Å². The summed E-state index contributed by atoms with van der Waals surface area (Å²) in [6.07, 6.45) is 6.28. The summed E-state index contributed by atoms with van der Waals surface area (Å²) in [7, 11) is 0. The molecule has 1 aliphatic heterocycles. The Balaban J connectivity index is 1.31. The Morgan fingerprint density at radius 1 is 1.16 bits per heavy atom. The number of rotatable bonds is 4. The third kappa shape index (κ3) is 2.76. The summed E-state index contributed by atoms with van der Waals surface area (Å²) in [5, 5.41) is 12.8. The monoisotopic (exact) mass is 339 g/mol. The number of aromatic nitrogens is 5. The van der Waals surface area contributed by atoms with Gasteiger partial charge >= 0.3 is 0 Å². The van der Waals surface area contributed by atoms with Crippen molar-refractivity contribution in [2.24, 2.45) is 0 Å².